The number of aromatic nitrogens is 3. The van der Waals surface area contributed by atoms with Crippen molar-refractivity contribution in [1.82, 2.24) is 20.3 Å². The minimum atomic E-state index is 0.0394. The third-order valence-electron chi connectivity index (χ3n) is 5.22. The summed E-state index contributed by atoms with van der Waals surface area (Å²) < 4.78 is 13.1. The number of ether oxygens (including phenoxy) is 2. The van der Waals surface area contributed by atoms with Gasteiger partial charge in [-0.15, -0.1) is 5.10 Å². The van der Waals surface area contributed by atoms with E-state index in [1.807, 2.05) is 55.5 Å². The predicted molar refractivity (Wildman–Crippen MR) is 138 cm³/mol. The van der Waals surface area contributed by atoms with Crippen molar-refractivity contribution >= 4 is 24.9 Å². The Morgan fingerprint density at radius 2 is 1.69 bits per heavy atom. The summed E-state index contributed by atoms with van der Waals surface area (Å²) in [7, 11) is 0. The molecule has 0 atom stereocenters. The highest BCUT2D eigenvalue weighted by atomic mass is 16.5. The number of rotatable bonds is 13. The van der Waals surface area contributed by atoms with Gasteiger partial charge in [-0.05, 0) is 69.5 Å². The number of nitrogens with zero attached hydrogens (tertiary/aromatic N) is 4. The highest BCUT2D eigenvalue weighted by Crippen LogP contribution is 2.14. The molecule has 0 aliphatic carbocycles. The highest BCUT2D eigenvalue weighted by Gasteiger charge is 2.04. The molecule has 0 aliphatic rings. The quantitative estimate of drug-likeness (QED) is 0.303. The van der Waals surface area contributed by atoms with Gasteiger partial charge in [0.2, 0.25) is 5.91 Å². The first-order chi connectivity index (χ1) is 17.1. The number of aryl methyl sites for hydroxylation is 1. The first-order valence-electron chi connectivity index (χ1n) is 11.8. The Morgan fingerprint density at radius 3 is 2.37 bits per heavy atom. The minimum Gasteiger partial charge on any atom is -0.494 e. The van der Waals surface area contributed by atoms with Crippen molar-refractivity contribution in [2.45, 2.75) is 39.5 Å². The smallest absolute Gasteiger partial charge is 0.220 e. The van der Waals surface area contributed by atoms with Gasteiger partial charge in [0.15, 0.2) is 0 Å². The molecule has 0 saturated heterocycles. The van der Waals surface area contributed by atoms with Crippen molar-refractivity contribution in [3.8, 4) is 17.2 Å². The van der Waals surface area contributed by atoms with E-state index in [1.165, 1.54) is 5.56 Å². The second-order valence-corrected chi connectivity index (χ2v) is 8.03. The van der Waals surface area contributed by atoms with Gasteiger partial charge < -0.3 is 14.8 Å². The van der Waals surface area contributed by atoms with Crippen LogP contribution in [0.4, 0.5) is 0 Å². The molecule has 0 spiro atoms. The van der Waals surface area contributed by atoms with Crippen molar-refractivity contribution < 1.29 is 14.3 Å². The second-order valence-electron chi connectivity index (χ2n) is 8.03. The lowest BCUT2D eigenvalue weighted by Gasteiger charge is -2.09. The maximum absolute atomic E-state index is 12.0. The van der Waals surface area contributed by atoms with Gasteiger partial charge in [0.05, 0.1) is 30.5 Å². The molecule has 2 aromatic carbocycles. The summed E-state index contributed by atoms with van der Waals surface area (Å²) in [5.74, 6) is 1.65. The number of benzene rings is 2. The van der Waals surface area contributed by atoms with E-state index >= 15 is 0 Å². The van der Waals surface area contributed by atoms with Crippen LogP contribution in [0.5, 0.6) is 11.5 Å². The number of carbonyl (C=O) groups is 1. The van der Waals surface area contributed by atoms with Crippen LogP contribution in [0.1, 0.15) is 38.2 Å². The molecule has 0 unspecified atom stereocenters. The molecule has 8 nitrogen and oxygen atoms in total. The summed E-state index contributed by atoms with van der Waals surface area (Å²) in [6, 6.07) is 15.5. The van der Waals surface area contributed by atoms with Crippen LogP contribution in [0.15, 0.2) is 53.5 Å². The molecular weight excluding hydrogens is 442 g/mol. The van der Waals surface area contributed by atoms with E-state index in [0.29, 0.717) is 43.3 Å². The Balaban J connectivity index is 1.28. The van der Waals surface area contributed by atoms with Crippen LogP contribution in [-0.4, -0.2) is 46.9 Å². The highest BCUT2D eigenvalue weighted by molar-refractivity contribution is 5.75. The van der Waals surface area contributed by atoms with E-state index in [9.17, 15) is 4.79 Å². The molecule has 0 fully saturated rings. The number of unbranched alkanes of at least 4 members (excludes halogenated alkanes) is 1. The molecule has 3 aromatic rings. The predicted octanol–water partition coefficient (Wildman–Crippen LogP) is 2.95. The normalized spacial score (nSPS) is 11.7. The fourth-order valence-corrected chi connectivity index (χ4v) is 3.24. The first kappa shape index (κ1) is 25.7. The maximum Gasteiger partial charge on any atom is 0.220 e. The van der Waals surface area contributed by atoms with Crippen molar-refractivity contribution in [3.63, 3.8) is 0 Å². The van der Waals surface area contributed by atoms with E-state index in [2.05, 4.69) is 34.1 Å². The van der Waals surface area contributed by atoms with Gasteiger partial charge in [0, 0.05) is 19.2 Å². The fourth-order valence-electron chi connectivity index (χ4n) is 3.24. The van der Waals surface area contributed by atoms with E-state index in [0.717, 1.165) is 30.0 Å². The van der Waals surface area contributed by atoms with Gasteiger partial charge in [0.25, 0.3) is 0 Å². The van der Waals surface area contributed by atoms with Gasteiger partial charge in [-0.3, -0.25) is 9.79 Å². The van der Waals surface area contributed by atoms with Crippen LogP contribution in [0, 0.1) is 6.92 Å². The standard InChI is InChI=1S/C27H33N5O3/c1-4-28-20-26-22(3)32(31-30-26)23-11-15-25(16-12-23)35-19-7-8-27(33)29-17-5-6-18-34-24-13-9-21(2)10-14-24/h4,9-16,20H,3,5-8,17-19H2,1-2H3,(H,29,33)/b26-20+,28-4-. The molecule has 8 heteroatoms. The van der Waals surface area contributed by atoms with Crippen LogP contribution in [0.3, 0.4) is 0 Å². The van der Waals surface area contributed by atoms with Gasteiger partial charge in [-0.25, -0.2) is 4.68 Å². The monoisotopic (exact) mass is 475 g/mol. The largest absolute Gasteiger partial charge is 0.494 e. The summed E-state index contributed by atoms with van der Waals surface area (Å²) in [6.07, 6.45) is 6.16. The lowest BCUT2D eigenvalue weighted by molar-refractivity contribution is -0.121. The Hall–Kier alpha value is -3.94. The van der Waals surface area contributed by atoms with Crippen LogP contribution in [-0.2, 0) is 4.79 Å². The fraction of sp³-hybridized carbons (Fsp3) is 0.333. The van der Waals surface area contributed by atoms with Gasteiger partial charge in [-0.1, -0.05) is 29.5 Å². The van der Waals surface area contributed by atoms with Crippen molar-refractivity contribution in [2.24, 2.45) is 4.99 Å². The average molecular weight is 476 g/mol. The summed E-state index contributed by atoms with van der Waals surface area (Å²) >= 11 is 0. The molecular formula is C27H33N5O3. The molecule has 1 aromatic heterocycles. The third-order valence-corrected chi connectivity index (χ3v) is 5.22. The van der Waals surface area contributed by atoms with Crippen LogP contribution in [0.25, 0.3) is 18.5 Å². The third kappa shape index (κ3) is 8.41. The summed E-state index contributed by atoms with van der Waals surface area (Å²) in [5.41, 5.74) is 2.05. The molecule has 1 amide bonds. The first-order valence-corrected chi connectivity index (χ1v) is 11.8. The van der Waals surface area contributed by atoms with E-state index in [1.54, 1.807) is 17.1 Å². The maximum atomic E-state index is 12.0. The molecule has 0 radical (unpaired) electrons. The van der Waals surface area contributed by atoms with Gasteiger partial charge in [-0.2, -0.15) is 0 Å². The number of nitrogens with one attached hydrogen (secondary N) is 1. The van der Waals surface area contributed by atoms with Gasteiger partial charge >= 0.3 is 0 Å². The molecule has 0 bridgehead atoms. The van der Waals surface area contributed by atoms with Crippen LogP contribution >= 0.6 is 0 Å². The van der Waals surface area contributed by atoms with E-state index in [-0.39, 0.29) is 5.91 Å². The zero-order chi connectivity index (χ0) is 24.9. The zero-order valence-electron chi connectivity index (χ0n) is 20.4. The molecule has 0 aliphatic heterocycles. The van der Waals surface area contributed by atoms with E-state index in [4.69, 9.17) is 9.47 Å². The summed E-state index contributed by atoms with van der Waals surface area (Å²) in [4.78, 5) is 16.1. The molecule has 1 heterocycles. The molecule has 0 saturated carbocycles. The Morgan fingerprint density at radius 1 is 1.03 bits per heavy atom. The topological polar surface area (TPSA) is 90.6 Å². The molecule has 1 N–H and O–H groups in total. The van der Waals surface area contributed by atoms with Gasteiger partial charge in [0.1, 0.15) is 16.8 Å². The van der Waals surface area contributed by atoms with Crippen molar-refractivity contribution in [2.75, 3.05) is 19.8 Å². The number of hydrogen-bond donors (Lipinski definition) is 1. The summed E-state index contributed by atoms with van der Waals surface area (Å²) in [6.45, 7) is 9.67. The lowest BCUT2D eigenvalue weighted by Crippen LogP contribution is -2.27. The Bertz CT molecular complexity index is 1200. The van der Waals surface area contributed by atoms with E-state index < -0.39 is 0 Å². The average Bonchev–Trinajstić information content (AvgIpc) is 3.24. The SMILES string of the molecule is C=c1/c(=C\N=C/C)nnn1-c1ccc(OCCCC(=O)NCCCCOc2ccc(C)cc2)cc1. The summed E-state index contributed by atoms with van der Waals surface area (Å²) in [5, 5.41) is 12.4. The zero-order valence-corrected chi connectivity index (χ0v) is 20.4. The van der Waals surface area contributed by atoms with Crippen LogP contribution in [0.2, 0.25) is 0 Å². The minimum absolute atomic E-state index is 0.0394. The Labute approximate surface area is 206 Å². The lowest BCUT2D eigenvalue weighted by atomic mass is 10.2. The van der Waals surface area contributed by atoms with Crippen molar-refractivity contribution in [3.05, 3.63) is 64.8 Å². The molecule has 35 heavy (non-hydrogen) atoms. The number of amides is 1. The second kappa shape index (κ2) is 13.7. The number of hydrogen-bond acceptors (Lipinski definition) is 6. The number of aliphatic imine (C=N–C) groups is 1. The Kier molecular flexibility index (Phi) is 10.0. The van der Waals surface area contributed by atoms with Crippen molar-refractivity contribution in [1.29, 1.82) is 0 Å². The van der Waals surface area contributed by atoms with Crippen LogP contribution < -0.4 is 25.5 Å². The number of carbonyl (C=O) groups excluding carboxylic acids is 1. The molecule has 3 rings (SSSR count). The molecule has 184 valence electrons.